The summed E-state index contributed by atoms with van der Waals surface area (Å²) in [7, 11) is 0. The van der Waals surface area contributed by atoms with Gasteiger partial charge >= 0.3 is 0 Å². The zero-order chi connectivity index (χ0) is 25.4. The molecule has 0 fully saturated rings. The number of hydrogen-bond donors (Lipinski definition) is 3. The Kier molecular flexibility index (Phi) is 8.58. The van der Waals surface area contributed by atoms with Crippen LogP contribution < -0.4 is 10.6 Å². The standard InChI is InChI=1S/C17H11ClF3N5O.C7H7F/c18-10-6-11(19)8-12(7-10)23-17(24-15-3-4-22-26-15)25-16(27)9-1-2-13(20)14(21)5-9;1-6-2-4-7(8)5-3-6/h1-8H,(H3,22,23,24,25,26,27);2-5H,1H3. The van der Waals surface area contributed by atoms with Gasteiger partial charge in [-0.15, -0.1) is 0 Å². The lowest BCUT2D eigenvalue weighted by Crippen LogP contribution is -2.36. The maximum absolute atomic E-state index is 13.5. The van der Waals surface area contributed by atoms with Gasteiger partial charge in [0.05, 0.1) is 6.20 Å². The summed E-state index contributed by atoms with van der Waals surface area (Å²) < 4.78 is 52.0. The highest BCUT2D eigenvalue weighted by Gasteiger charge is 2.13. The van der Waals surface area contributed by atoms with E-state index >= 15 is 0 Å². The molecule has 4 aromatic rings. The van der Waals surface area contributed by atoms with E-state index in [9.17, 15) is 22.4 Å². The van der Waals surface area contributed by atoms with Gasteiger partial charge in [-0.3, -0.25) is 15.2 Å². The number of H-pyrrole nitrogens is 1. The molecule has 3 aromatic carbocycles. The quantitative estimate of drug-likeness (QED) is 0.178. The number of nitrogens with zero attached hydrogens (tertiary/aromatic N) is 2. The first-order chi connectivity index (χ1) is 16.7. The molecule has 1 heterocycles. The second-order valence-corrected chi connectivity index (χ2v) is 7.50. The highest BCUT2D eigenvalue weighted by molar-refractivity contribution is 6.31. The highest BCUT2D eigenvalue weighted by atomic mass is 35.5. The minimum atomic E-state index is -1.17. The minimum Gasteiger partial charge on any atom is -0.325 e. The molecule has 180 valence electrons. The van der Waals surface area contributed by atoms with Gasteiger partial charge in [0.25, 0.3) is 5.91 Å². The fraction of sp³-hybridized carbons (Fsp3) is 0.0417. The van der Waals surface area contributed by atoms with E-state index in [1.54, 1.807) is 12.1 Å². The molecule has 0 saturated carbocycles. The molecular weight excluding hydrogens is 486 g/mol. The van der Waals surface area contributed by atoms with Crippen LogP contribution in [0.3, 0.4) is 0 Å². The molecule has 0 atom stereocenters. The van der Waals surface area contributed by atoms with Crippen LogP contribution in [0.25, 0.3) is 0 Å². The fourth-order valence-electron chi connectivity index (χ4n) is 2.63. The van der Waals surface area contributed by atoms with Gasteiger partial charge in [-0.25, -0.2) is 17.6 Å². The first-order valence-electron chi connectivity index (χ1n) is 9.99. The zero-order valence-corrected chi connectivity index (χ0v) is 18.9. The smallest absolute Gasteiger partial charge is 0.258 e. The average molecular weight is 504 g/mol. The molecule has 4 rings (SSSR count). The molecule has 0 radical (unpaired) electrons. The summed E-state index contributed by atoms with van der Waals surface area (Å²) >= 11 is 5.81. The molecule has 3 N–H and O–H groups in total. The number of amides is 1. The number of anilines is 1. The first kappa shape index (κ1) is 25.4. The van der Waals surface area contributed by atoms with Crippen LogP contribution in [0.4, 0.5) is 29.1 Å². The Labute approximate surface area is 202 Å². The second kappa shape index (κ2) is 11.8. The number of aliphatic imine (C=N–C) groups is 1. The highest BCUT2D eigenvalue weighted by Crippen LogP contribution is 2.18. The summed E-state index contributed by atoms with van der Waals surface area (Å²) in [5.41, 5.74) is 1.17. The Hall–Kier alpha value is -4.18. The van der Waals surface area contributed by atoms with Gasteiger partial charge in [-0.2, -0.15) is 10.1 Å². The predicted octanol–water partition coefficient (Wildman–Crippen LogP) is 6.14. The molecule has 6 nitrogen and oxygen atoms in total. The van der Waals surface area contributed by atoms with Gasteiger partial charge in [-0.05, 0) is 55.5 Å². The number of hydrogen-bond acceptors (Lipinski definition) is 3. The van der Waals surface area contributed by atoms with Gasteiger partial charge in [0.2, 0.25) is 5.96 Å². The van der Waals surface area contributed by atoms with Crippen molar-refractivity contribution in [1.29, 1.82) is 0 Å². The summed E-state index contributed by atoms with van der Waals surface area (Å²) in [6, 6.07) is 14.3. The van der Waals surface area contributed by atoms with Gasteiger partial charge in [0.15, 0.2) is 17.5 Å². The molecule has 0 saturated heterocycles. The van der Waals surface area contributed by atoms with Crippen LogP contribution in [0.5, 0.6) is 0 Å². The third-order valence-electron chi connectivity index (χ3n) is 4.27. The van der Waals surface area contributed by atoms with Crippen LogP contribution in [0.2, 0.25) is 5.02 Å². The summed E-state index contributed by atoms with van der Waals surface area (Å²) in [4.78, 5) is 16.4. The monoisotopic (exact) mass is 503 g/mol. The van der Waals surface area contributed by atoms with Crippen molar-refractivity contribution in [3.63, 3.8) is 0 Å². The van der Waals surface area contributed by atoms with E-state index in [1.165, 1.54) is 30.5 Å². The van der Waals surface area contributed by atoms with E-state index in [2.05, 4.69) is 25.8 Å². The summed E-state index contributed by atoms with van der Waals surface area (Å²) in [6.07, 6.45) is 1.44. The van der Waals surface area contributed by atoms with Crippen molar-refractivity contribution < 1.29 is 22.4 Å². The molecule has 0 unspecified atom stereocenters. The number of carbonyl (C=O) groups is 1. The van der Waals surface area contributed by atoms with Gasteiger partial charge in [-0.1, -0.05) is 29.3 Å². The molecule has 0 aliphatic rings. The topological polar surface area (TPSA) is 82.2 Å². The molecule has 0 aliphatic heterocycles. The van der Waals surface area contributed by atoms with Crippen LogP contribution >= 0.6 is 11.6 Å². The lowest BCUT2D eigenvalue weighted by atomic mass is 10.2. The summed E-state index contributed by atoms with van der Waals surface area (Å²) in [5, 5.41) is 11.5. The van der Waals surface area contributed by atoms with Crippen LogP contribution in [0, 0.1) is 30.2 Å². The first-order valence-corrected chi connectivity index (χ1v) is 10.4. The second-order valence-electron chi connectivity index (χ2n) is 7.06. The Bertz CT molecular complexity index is 1290. The van der Waals surface area contributed by atoms with Crippen molar-refractivity contribution in [2.75, 3.05) is 5.32 Å². The van der Waals surface area contributed by atoms with E-state index in [0.717, 1.165) is 35.9 Å². The van der Waals surface area contributed by atoms with Crippen molar-refractivity contribution in [3.8, 4) is 0 Å². The van der Waals surface area contributed by atoms with Crippen molar-refractivity contribution >= 4 is 35.0 Å². The Morgan fingerprint density at radius 1 is 0.914 bits per heavy atom. The number of rotatable bonds is 3. The molecule has 0 aliphatic carbocycles. The Morgan fingerprint density at radius 2 is 1.66 bits per heavy atom. The van der Waals surface area contributed by atoms with Crippen LogP contribution in [-0.2, 0) is 0 Å². The third kappa shape index (κ3) is 7.97. The lowest BCUT2D eigenvalue weighted by molar-refractivity contribution is 0.0976. The fourth-order valence-corrected chi connectivity index (χ4v) is 2.85. The number of guanidine groups is 1. The molecular formula is C24H18ClF4N5O. The molecule has 1 aromatic heterocycles. The van der Waals surface area contributed by atoms with Crippen LogP contribution in [0.15, 0.2) is 77.9 Å². The van der Waals surface area contributed by atoms with Crippen molar-refractivity contribution in [2.45, 2.75) is 6.92 Å². The number of nitrogens with one attached hydrogen (secondary N) is 3. The minimum absolute atomic E-state index is 0.115. The summed E-state index contributed by atoms with van der Waals surface area (Å²) in [6.45, 7) is 1.93. The average Bonchev–Trinajstić information content (AvgIpc) is 3.30. The SMILES string of the molecule is Cc1ccc(F)cc1.O=C(NC(=Nc1ccn[nH]1)Nc1cc(F)cc(Cl)c1)c1ccc(F)c(F)c1. The Morgan fingerprint density at radius 3 is 2.26 bits per heavy atom. The predicted molar refractivity (Wildman–Crippen MR) is 126 cm³/mol. The largest absolute Gasteiger partial charge is 0.325 e. The van der Waals surface area contributed by atoms with Crippen molar-refractivity contribution in [1.82, 2.24) is 15.5 Å². The number of benzene rings is 3. The van der Waals surface area contributed by atoms with Gasteiger partial charge < -0.3 is 5.32 Å². The van der Waals surface area contributed by atoms with E-state index in [-0.39, 0.29) is 33.9 Å². The maximum atomic E-state index is 13.5. The molecule has 0 spiro atoms. The number of aromatic nitrogens is 2. The third-order valence-corrected chi connectivity index (χ3v) is 4.49. The van der Waals surface area contributed by atoms with Gasteiger partial charge in [0, 0.05) is 22.3 Å². The maximum Gasteiger partial charge on any atom is 0.258 e. The summed E-state index contributed by atoms with van der Waals surface area (Å²) in [5.74, 6) is -3.61. The normalized spacial score (nSPS) is 10.9. The molecule has 35 heavy (non-hydrogen) atoms. The zero-order valence-electron chi connectivity index (χ0n) is 18.1. The molecule has 0 bridgehead atoms. The number of aromatic amines is 1. The van der Waals surface area contributed by atoms with E-state index in [1.807, 2.05) is 6.92 Å². The number of halogens is 5. The van der Waals surface area contributed by atoms with E-state index in [4.69, 9.17) is 11.6 Å². The molecule has 11 heteroatoms. The van der Waals surface area contributed by atoms with E-state index in [0.29, 0.717) is 0 Å². The molecule has 1 amide bonds. The number of aryl methyl sites for hydroxylation is 1. The number of carbonyl (C=O) groups excluding carboxylic acids is 1. The Balaban J connectivity index is 0.000000363. The van der Waals surface area contributed by atoms with Crippen molar-refractivity contribution in [3.05, 3.63) is 112 Å². The van der Waals surface area contributed by atoms with Crippen LogP contribution in [0.1, 0.15) is 15.9 Å². The van der Waals surface area contributed by atoms with E-state index < -0.39 is 23.4 Å². The van der Waals surface area contributed by atoms with Crippen LogP contribution in [-0.4, -0.2) is 22.1 Å². The van der Waals surface area contributed by atoms with Crippen molar-refractivity contribution in [2.24, 2.45) is 4.99 Å². The van der Waals surface area contributed by atoms with Gasteiger partial charge in [0.1, 0.15) is 11.6 Å². The lowest BCUT2D eigenvalue weighted by Gasteiger charge is -2.12.